The lowest BCUT2D eigenvalue weighted by atomic mass is 9.62. The molecule has 3 nitrogen and oxygen atoms in total. The molecule has 0 saturated heterocycles. The van der Waals surface area contributed by atoms with Crippen molar-refractivity contribution in [2.45, 2.75) is 77.4 Å². The second kappa shape index (κ2) is 6.27. The van der Waals surface area contributed by atoms with Crippen molar-refractivity contribution in [2.75, 3.05) is 0 Å². The molecule has 0 radical (unpaired) electrons. The Hall–Kier alpha value is -1.19. The Morgan fingerprint density at radius 3 is 2.75 bits per heavy atom. The number of aliphatic hydroxyl groups excluding tert-OH is 1. The molecule has 24 heavy (non-hydrogen) atoms. The zero-order chi connectivity index (χ0) is 17.5. The maximum absolute atomic E-state index is 12.1. The molecule has 0 aromatic heterocycles. The van der Waals surface area contributed by atoms with Crippen molar-refractivity contribution in [1.82, 2.24) is 0 Å². The molecule has 4 atom stereocenters. The number of hydrogen-bond acceptors (Lipinski definition) is 3. The summed E-state index contributed by atoms with van der Waals surface area (Å²) in [5, 5.41) is 20.9. The lowest BCUT2D eigenvalue weighted by Gasteiger charge is -2.44. The van der Waals surface area contributed by atoms with Crippen LogP contribution in [0.5, 0.6) is 0 Å². The number of aliphatic hydroxyl groups is 2. The standard InChI is InChI=1S/C21H30O3/c1-14-6-9-18(23)13-17(14)8-7-16-5-4-11-20(3)19(16)10-12-21(20,24)15(2)22/h5,7-8,18-19,23-24H,4,6,9-13H2,1-3H3/t18-,19-,20-,21-/m0/s1. The van der Waals surface area contributed by atoms with E-state index in [9.17, 15) is 15.0 Å². The zero-order valence-electron chi connectivity index (χ0n) is 15.1. The Kier molecular flexibility index (Phi) is 4.61. The van der Waals surface area contributed by atoms with E-state index >= 15 is 0 Å². The summed E-state index contributed by atoms with van der Waals surface area (Å²) in [5.41, 5.74) is 2.31. The van der Waals surface area contributed by atoms with Crippen LogP contribution in [0, 0.1) is 11.3 Å². The van der Waals surface area contributed by atoms with Gasteiger partial charge in [-0.05, 0) is 75.9 Å². The van der Waals surface area contributed by atoms with Crippen molar-refractivity contribution in [2.24, 2.45) is 11.3 Å². The van der Waals surface area contributed by atoms with E-state index in [-0.39, 0.29) is 23.2 Å². The summed E-state index contributed by atoms with van der Waals surface area (Å²) < 4.78 is 0. The van der Waals surface area contributed by atoms with Gasteiger partial charge in [0.15, 0.2) is 5.78 Å². The van der Waals surface area contributed by atoms with Crippen LogP contribution in [0.15, 0.2) is 34.9 Å². The zero-order valence-corrected chi connectivity index (χ0v) is 15.1. The Morgan fingerprint density at radius 2 is 2.04 bits per heavy atom. The minimum Gasteiger partial charge on any atom is -0.393 e. The van der Waals surface area contributed by atoms with Gasteiger partial charge in [-0.3, -0.25) is 4.79 Å². The third-order valence-corrected chi connectivity index (χ3v) is 6.87. The average molecular weight is 330 g/mol. The fourth-order valence-electron chi connectivity index (χ4n) is 5.09. The minimum absolute atomic E-state index is 0.0910. The van der Waals surface area contributed by atoms with Crippen molar-refractivity contribution in [3.63, 3.8) is 0 Å². The SMILES string of the molecule is CC(=O)[C@@]1(O)CC[C@H]2C(C=CC3=C(C)CC[C@H](O)C3)=CCC[C@@]21C. The number of carbonyl (C=O) groups is 1. The van der Waals surface area contributed by atoms with Crippen LogP contribution in [0.25, 0.3) is 0 Å². The smallest absolute Gasteiger partial charge is 0.161 e. The molecule has 3 heteroatoms. The molecule has 132 valence electrons. The second-order valence-electron chi connectivity index (χ2n) is 8.20. The first-order valence-electron chi connectivity index (χ1n) is 9.26. The monoisotopic (exact) mass is 330 g/mol. The number of ketones is 1. The largest absolute Gasteiger partial charge is 0.393 e. The average Bonchev–Trinajstić information content (AvgIpc) is 2.82. The molecular weight excluding hydrogens is 300 g/mol. The van der Waals surface area contributed by atoms with Gasteiger partial charge in [0.1, 0.15) is 5.60 Å². The lowest BCUT2D eigenvalue weighted by molar-refractivity contribution is -0.148. The molecule has 0 unspecified atom stereocenters. The van der Waals surface area contributed by atoms with Gasteiger partial charge in [0.25, 0.3) is 0 Å². The fraction of sp³-hybridized carbons (Fsp3) is 0.667. The Bertz CT molecular complexity index is 627. The Labute approximate surface area is 145 Å². The van der Waals surface area contributed by atoms with Crippen molar-refractivity contribution >= 4 is 5.78 Å². The molecular formula is C21H30O3. The van der Waals surface area contributed by atoms with Gasteiger partial charge in [0.2, 0.25) is 0 Å². The van der Waals surface area contributed by atoms with E-state index in [1.807, 2.05) is 0 Å². The topological polar surface area (TPSA) is 57.5 Å². The van der Waals surface area contributed by atoms with Crippen LogP contribution in [-0.4, -0.2) is 27.7 Å². The molecule has 1 fully saturated rings. The number of carbonyl (C=O) groups excluding carboxylic acids is 1. The van der Waals surface area contributed by atoms with E-state index in [0.717, 1.165) is 38.5 Å². The van der Waals surface area contributed by atoms with Crippen LogP contribution in [0.3, 0.4) is 0 Å². The van der Waals surface area contributed by atoms with Crippen molar-refractivity contribution in [1.29, 1.82) is 0 Å². The van der Waals surface area contributed by atoms with E-state index in [2.05, 4.69) is 32.1 Å². The van der Waals surface area contributed by atoms with Crippen molar-refractivity contribution in [3.8, 4) is 0 Å². The summed E-state index contributed by atoms with van der Waals surface area (Å²) in [6.07, 6.45) is 12.1. The molecule has 1 saturated carbocycles. The van der Waals surface area contributed by atoms with Crippen LogP contribution < -0.4 is 0 Å². The summed E-state index contributed by atoms with van der Waals surface area (Å²) in [6.45, 7) is 5.76. The Balaban J connectivity index is 1.85. The van der Waals surface area contributed by atoms with E-state index in [1.165, 1.54) is 23.6 Å². The quantitative estimate of drug-likeness (QED) is 0.826. The van der Waals surface area contributed by atoms with Crippen molar-refractivity contribution in [3.05, 3.63) is 34.9 Å². The van der Waals surface area contributed by atoms with Crippen LogP contribution in [0.1, 0.15) is 65.7 Å². The minimum atomic E-state index is -1.18. The lowest BCUT2D eigenvalue weighted by Crippen LogP contribution is -2.51. The van der Waals surface area contributed by atoms with Gasteiger partial charge in [0, 0.05) is 5.41 Å². The molecule has 3 rings (SSSR count). The summed E-state index contributed by atoms with van der Waals surface area (Å²) in [7, 11) is 0. The first-order valence-corrected chi connectivity index (χ1v) is 9.26. The molecule has 0 spiro atoms. The maximum atomic E-state index is 12.1. The highest BCUT2D eigenvalue weighted by atomic mass is 16.3. The maximum Gasteiger partial charge on any atom is 0.161 e. The van der Waals surface area contributed by atoms with Gasteiger partial charge >= 0.3 is 0 Å². The van der Waals surface area contributed by atoms with Crippen LogP contribution in [0.2, 0.25) is 0 Å². The molecule has 0 bridgehead atoms. The van der Waals surface area contributed by atoms with Gasteiger partial charge in [-0.2, -0.15) is 0 Å². The predicted molar refractivity (Wildman–Crippen MR) is 95.5 cm³/mol. The molecule has 2 N–H and O–H groups in total. The van der Waals surface area contributed by atoms with Crippen LogP contribution in [0.4, 0.5) is 0 Å². The number of allylic oxidation sites excluding steroid dienone is 5. The number of Topliss-reactive ketones (excluding diaryl/α,β-unsaturated/α-hetero) is 1. The molecule has 0 aromatic rings. The molecule has 0 aliphatic heterocycles. The van der Waals surface area contributed by atoms with Gasteiger partial charge in [-0.25, -0.2) is 0 Å². The highest BCUT2D eigenvalue weighted by molar-refractivity contribution is 5.86. The van der Waals surface area contributed by atoms with Gasteiger partial charge in [-0.1, -0.05) is 30.7 Å². The number of hydrogen-bond donors (Lipinski definition) is 2. The van der Waals surface area contributed by atoms with Gasteiger partial charge < -0.3 is 10.2 Å². The molecule has 0 aromatic carbocycles. The highest BCUT2D eigenvalue weighted by Crippen LogP contribution is 2.58. The summed E-state index contributed by atoms with van der Waals surface area (Å²) in [5.74, 6) is 0.150. The predicted octanol–water partition coefficient (Wildman–Crippen LogP) is 3.86. The van der Waals surface area contributed by atoms with Crippen LogP contribution in [-0.2, 0) is 4.79 Å². The highest BCUT2D eigenvalue weighted by Gasteiger charge is 2.59. The van der Waals surface area contributed by atoms with Crippen molar-refractivity contribution < 1.29 is 15.0 Å². The van der Waals surface area contributed by atoms with E-state index in [1.54, 1.807) is 0 Å². The second-order valence-corrected chi connectivity index (χ2v) is 8.20. The number of fused-ring (bicyclic) bond motifs is 1. The Morgan fingerprint density at radius 1 is 1.29 bits per heavy atom. The third kappa shape index (κ3) is 2.72. The van der Waals surface area contributed by atoms with E-state index in [0.29, 0.717) is 6.42 Å². The summed E-state index contributed by atoms with van der Waals surface area (Å²) in [6, 6.07) is 0. The summed E-state index contributed by atoms with van der Waals surface area (Å²) >= 11 is 0. The third-order valence-electron chi connectivity index (χ3n) is 6.87. The molecule has 3 aliphatic carbocycles. The summed E-state index contributed by atoms with van der Waals surface area (Å²) in [4.78, 5) is 12.1. The molecule has 0 amide bonds. The van der Waals surface area contributed by atoms with E-state index < -0.39 is 5.60 Å². The van der Waals surface area contributed by atoms with Crippen LogP contribution >= 0.6 is 0 Å². The normalized spacial score (nSPS) is 40.0. The number of rotatable bonds is 3. The fourth-order valence-corrected chi connectivity index (χ4v) is 5.09. The van der Waals surface area contributed by atoms with E-state index in [4.69, 9.17) is 0 Å². The molecule has 0 heterocycles. The van der Waals surface area contributed by atoms with Gasteiger partial charge in [-0.15, -0.1) is 0 Å². The molecule has 3 aliphatic rings. The van der Waals surface area contributed by atoms with Gasteiger partial charge in [0.05, 0.1) is 6.10 Å². The first kappa shape index (κ1) is 17.6. The first-order chi connectivity index (χ1) is 11.3.